The van der Waals surface area contributed by atoms with Crippen LogP contribution in [0.4, 0.5) is 0 Å². The van der Waals surface area contributed by atoms with Crippen molar-refractivity contribution in [1.29, 1.82) is 0 Å². The number of thiophene rings is 1. The van der Waals surface area contributed by atoms with Crippen molar-refractivity contribution in [2.75, 3.05) is 20.8 Å². The summed E-state index contributed by atoms with van der Waals surface area (Å²) in [6, 6.07) is 10.0. The fourth-order valence-corrected chi connectivity index (χ4v) is 3.63. The largest absolute Gasteiger partial charge is 0.384 e. The maximum atomic E-state index is 11.2. The average molecular weight is 386 g/mol. The van der Waals surface area contributed by atoms with Gasteiger partial charge in [0.05, 0.1) is 11.5 Å². The van der Waals surface area contributed by atoms with Crippen molar-refractivity contribution in [3.63, 3.8) is 0 Å². The quantitative estimate of drug-likeness (QED) is 0.854. The van der Waals surface area contributed by atoms with Gasteiger partial charge in [-0.15, -0.1) is 11.3 Å². The van der Waals surface area contributed by atoms with E-state index in [9.17, 15) is 4.79 Å². The molecular formula is C18H24ClNO2S2. The molecule has 0 saturated heterocycles. The molecule has 132 valence electrons. The number of ether oxygens (including phenoxy) is 1. The van der Waals surface area contributed by atoms with Crippen LogP contribution in [0.25, 0.3) is 0 Å². The Labute approximate surface area is 159 Å². The Bertz CT molecular complexity index is 658. The molecule has 0 radical (unpaired) electrons. The number of halogens is 1. The summed E-state index contributed by atoms with van der Waals surface area (Å²) in [5, 5.41) is 3.47. The van der Waals surface area contributed by atoms with Gasteiger partial charge in [0.15, 0.2) is 0 Å². The summed E-state index contributed by atoms with van der Waals surface area (Å²) >= 11 is 7.34. The van der Waals surface area contributed by atoms with Gasteiger partial charge in [0, 0.05) is 30.5 Å². The van der Waals surface area contributed by atoms with E-state index in [2.05, 4.69) is 17.4 Å². The number of amides is 1. The van der Waals surface area contributed by atoms with Crippen molar-refractivity contribution in [2.45, 2.75) is 25.7 Å². The number of carbonyl (C=O) groups excluding carboxylic acids is 1. The van der Waals surface area contributed by atoms with Crippen molar-refractivity contribution in [1.82, 2.24) is 5.32 Å². The van der Waals surface area contributed by atoms with Gasteiger partial charge >= 0.3 is 0 Å². The first-order valence-corrected chi connectivity index (χ1v) is 8.90. The summed E-state index contributed by atoms with van der Waals surface area (Å²) in [6.07, 6.45) is 4.64. The van der Waals surface area contributed by atoms with E-state index < -0.39 is 0 Å². The molecule has 1 aromatic heterocycles. The molecule has 0 spiro atoms. The van der Waals surface area contributed by atoms with Gasteiger partial charge in [-0.3, -0.25) is 4.79 Å². The Kier molecular flexibility index (Phi) is 9.44. The summed E-state index contributed by atoms with van der Waals surface area (Å²) in [5.74, 6) is -0.0198. The highest BCUT2D eigenvalue weighted by Gasteiger charge is 2.09. The van der Waals surface area contributed by atoms with Crippen molar-refractivity contribution in [2.24, 2.45) is 0 Å². The molecule has 1 aliphatic rings. The molecule has 0 fully saturated rings. The molecule has 0 unspecified atom stereocenters. The Morgan fingerprint density at radius 1 is 1.25 bits per heavy atom. The maximum absolute atomic E-state index is 11.2. The van der Waals surface area contributed by atoms with Gasteiger partial charge in [-0.1, -0.05) is 17.7 Å². The van der Waals surface area contributed by atoms with Gasteiger partial charge in [0.2, 0.25) is 0 Å². The molecule has 0 saturated carbocycles. The van der Waals surface area contributed by atoms with Gasteiger partial charge in [-0.25, -0.2) is 0 Å². The van der Waals surface area contributed by atoms with Gasteiger partial charge in [-0.05, 0) is 54.7 Å². The normalized spacial score (nSPS) is 11.8. The van der Waals surface area contributed by atoms with E-state index in [0.29, 0.717) is 6.61 Å². The molecule has 3 nitrogen and oxygen atoms in total. The number of aryl methyl sites for hydroxylation is 2. The first-order chi connectivity index (χ1) is 11.1. The van der Waals surface area contributed by atoms with Gasteiger partial charge in [-0.2, -0.15) is 13.5 Å². The van der Waals surface area contributed by atoms with E-state index in [4.69, 9.17) is 16.3 Å². The average Bonchev–Trinajstić information content (AvgIpc) is 3.21. The van der Waals surface area contributed by atoms with E-state index in [1.807, 2.05) is 18.2 Å². The van der Waals surface area contributed by atoms with Crippen molar-refractivity contribution >= 4 is 42.3 Å². The number of fused-ring (bicyclic) bond motifs is 1. The van der Waals surface area contributed by atoms with Crippen molar-refractivity contribution in [3.8, 4) is 0 Å². The smallest absolute Gasteiger partial charge is 0.261 e. The number of benzene rings is 1. The van der Waals surface area contributed by atoms with E-state index in [1.54, 1.807) is 14.2 Å². The lowest BCUT2D eigenvalue weighted by molar-refractivity contribution is 0.0967. The zero-order valence-electron chi connectivity index (χ0n) is 14.0. The molecule has 0 aliphatic heterocycles. The van der Waals surface area contributed by atoms with Crippen LogP contribution in [0, 0.1) is 0 Å². The molecule has 0 bridgehead atoms. The molecule has 6 heteroatoms. The van der Waals surface area contributed by atoms with Crippen molar-refractivity contribution < 1.29 is 9.53 Å². The molecule has 1 heterocycles. The fourth-order valence-electron chi connectivity index (χ4n) is 2.50. The van der Waals surface area contributed by atoms with Crippen LogP contribution in [0.15, 0.2) is 30.3 Å². The van der Waals surface area contributed by atoms with Crippen LogP contribution < -0.4 is 5.32 Å². The summed E-state index contributed by atoms with van der Waals surface area (Å²) in [4.78, 5) is 13.1. The highest BCUT2D eigenvalue weighted by Crippen LogP contribution is 2.24. The Morgan fingerprint density at radius 3 is 2.71 bits per heavy atom. The maximum Gasteiger partial charge on any atom is 0.261 e. The van der Waals surface area contributed by atoms with Crippen LogP contribution in [-0.4, -0.2) is 26.7 Å². The van der Waals surface area contributed by atoms with Crippen LogP contribution >= 0.6 is 36.4 Å². The minimum atomic E-state index is -0.0198. The second kappa shape index (κ2) is 10.8. The number of carbonyl (C=O) groups is 1. The van der Waals surface area contributed by atoms with Crippen LogP contribution in [0.5, 0.6) is 0 Å². The molecule has 1 aromatic carbocycles. The number of rotatable bonds is 4. The minimum absolute atomic E-state index is 0. The lowest BCUT2D eigenvalue weighted by Gasteiger charge is -1.96. The van der Waals surface area contributed by atoms with Crippen LogP contribution in [-0.2, 0) is 24.0 Å². The lowest BCUT2D eigenvalue weighted by atomic mass is 10.1. The number of nitrogens with one attached hydrogen (secondary N) is 1. The second-order valence-electron chi connectivity index (χ2n) is 5.35. The Balaban J connectivity index is 0.000000236. The van der Waals surface area contributed by atoms with E-state index in [-0.39, 0.29) is 19.4 Å². The fraction of sp³-hybridized carbons (Fsp3) is 0.389. The number of methoxy groups -OCH3 is 1. The zero-order valence-corrected chi connectivity index (χ0v) is 16.6. The molecular weight excluding hydrogens is 362 g/mol. The van der Waals surface area contributed by atoms with Gasteiger partial charge < -0.3 is 10.1 Å². The van der Waals surface area contributed by atoms with Crippen molar-refractivity contribution in [3.05, 3.63) is 56.2 Å². The predicted octanol–water partition coefficient (Wildman–Crippen LogP) is 4.24. The molecule has 1 aliphatic carbocycles. The van der Waals surface area contributed by atoms with Crippen LogP contribution in [0.3, 0.4) is 0 Å². The highest BCUT2D eigenvalue weighted by molar-refractivity contribution is 7.59. The van der Waals surface area contributed by atoms with Gasteiger partial charge in [0.1, 0.15) is 0 Å². The Morgan fingerprint density at radius 2 is 2.00 bits per heavy atom. The summed E-state index contributed by atoms with van der Waals surface area (Å²) in [6.45, 7) is 0.702. The monoisotopic (exact) mass is 385 g/mol. The second-order valence-corrected chi connectivity index (χ2v) is 6.96. The first-order valence-electron chi connectivity index (χ1n) is 7.71. The van der Waals surface area contributed by atoms with Crippen LogP contribution in [0.2, 0.25) is 5.02 Å². The SMILES string of the molecule is CNC(=O)c1ccc(CCOC)s1.Clc1ccc2c(c1)CCC2.S. The Hall–Kier alpha value is -1.01. The van der Waals surface area contributed by atoms with Crippen LogP contribution in [0.1, 0.15) is 32.1 Å². The molecule has 3 rings (SSSR count). The third-order valence-electron chi connectivity index (χ3n) is 3.73. The third kappa shape index (κ3) is 6.13. The number of hydrogen-bond donors (Lipinski definition) is 1. The first kappa shape index (κ1) is 21.0. The predicted molar refractivity (Wildman–Crippen MR) is 107 cm³/mol. The topological polar surface area (TPSA) is 38.3 Å². The third-order valence-corrected chi connectivity index (χ3v) is 5.10. The molecule has 24 heavy (non-hydrogen) atoms. The number of hydrogen-bond acceptors (Lipinski definition) is 3. The minimum Gasteiger partial charge on any atom is -0.384 e. The van der Waals surface area contributed by atoms with Gasteiger partial charge in [0.25, 0.3) is 5.91 Å². The molecule has 2 aromatic rings. The summed E-state index contributed by atoms with van der Waals surface area (Å²) < 4.78 is 4.95. The highest BCUT2D eigenvalue weighted by atomic mass is 35.5. The molecule has 1 amide bonds. The summed E-state index contributed by atoms with van der Waals surface area (Å²) in [7, 11) is 3.31. The lowest BCUT2D eigenvalue weighted by Crippen LogP contribution is -2.15. The molecule has 1 N–H and O–H groups in total. The van der Waals surface area contributed by atoms with E-state index >= 15 is 0 Å². The van der Waals surface area contributed by atoms with E-state index in [1.165, 1.54) is 46.6 Å². The van der Waals surface area contributed by atoms with E-state index in [0.717, 1.165) is 16.3 Å². The summed E-state index contributed by atoms with van der Waals surface area (Å²) in [5.41, 5.74) is 2.94. The standard InChI is InChI=1S/C9H9Cl.C9H13NO2S.H2S/c10-9-5-4-7-2-1-3-8(7)6-9;1-10-9(11)8-4-3-7(13-8)5-6-12-2;/h4-6H,1-3H2;3-4H,5-6H2,1-2H3,(H,10,11);1H2. The zero-order chi connectivity index (χ0) is 16.7. The molecule has 0 atom stereocenters.